The Balaban J connectivity index is 1.22. The van der Waals surface area contributed by atoms with Gasteiger partial charge in [0, 0.05) is 69.2 Å². The van der Waals surface area contributed by atoms with Crippen LogP contribution in [0, 0.1) is 23.7 Å². The second-order valence-corrected chi connectivity index (χ2v) is 15.6. The predicted octanol–water partition coefficient (Wildman–Crippen LogP) is 10.6. The first-order valence-corrected chi connectivity index (χ1v) is 18.6. The Bertz CT molecular complexity index is 1230. The lowest BCUT2D eigenvalue weighted by Gasteiger charge is -2.26. The average molecular weight is 589 g/mol. The first kappa shape index (κ1) is 27.4. The summed E-state index contributed by atoms with van der Waals surface area (Å²) in [7, 11) is 0. The van der Waals surface area contributed by atoms with Gasteiger partial charge in [-0.2, -0.15) is 0 Å². The van der Waals surface area contributed by atoms with Crippen LogP contribution in [0.15, 0.2) is 48.5 Å². The summed E-state index contributed by atoms with van der Waals surface area (Å²) in [5, 5.41) is 0. The van der Waals surface area contributed by atoms with E-state index in [1.54, 1.807) is 0 Å². The molecule has 0 unspecified atom stereocenters. The minimum atomic E-state index is 0.423. The van der Waals surface area contributed by atoms with Gasteiger partial charge in [0.05, 0.1) is 0 Å². The second kappa shape index (κ2) is 11.5. The van der Waals surface area contributed by atoms with Crippen molar-refractivity contribution in [3.8, 4) is 0 Å². The number of aromatic amines is 4. The van der Waals surface area contributed by atoms with Gasteiger partial charge in [0.15, 0.2) is 0 Å². The van der Waals surface area contributed by atoms with E-state index < -0.39 is 0 Å². The van der Waals surface area contributed by atoms with Gasteiger partial charge in [-0.15, -0.1) is 0 Å². The Morgan fingerprint density at radius 3 is 0.591 bits per heavy atom. The van der Waals surface area contributed by atoms with Crippen LogP contribution in [-0.4, -0.2) is 19.9 Å². The minimum absolute atomic E-state index is 0.423. The summed E-state index contributed by atoms with van der Waals surface area (Å²) in [6.07, 6.45) is 21.7. The summed E-state index contributed by atoms with van der Waals surface area (Å²) in [6, 6.07) is 19.7. The van der Waals surface area contributed by atoms with Crippen molar-refractivity contribution in [2.45, 2.75) is 126 Å². The van der Waals surface area contributed by atoms with E-state index in [1.165, 1.54) is 148 Å². The fraction of sp³-hybridized carbons (Fsp3) is 0.600. The van der Waals surface area contributed by atoms with Crippen LogP contribution in [0.4, 0.5) is 0 Å². The Morgan fingerprint density at radius 1 is 0.273 bits per heavy atom. The summed E-state index contributed by atoms with van der Waals surface area (Å²) in [6.45, 7) is 0. The zero-order chi connectivity index (χ0) is 29.0. The topological polar surface area (TPSA) is 63.2 Å². The van der Waals surface area contributed by atoms with E-state index in [9.17, 15) is 0 Å². The SMILES string of the molecule is c1cc2[nH]c1C(C1CCCC1)c1ccc([nH]1)C(C1CCCC1)c1ccc([nH]1)C(C1CCCC1)c1ccc([nH]1)C2C1CCCC1. The van der Waals surface area contributed by atoms with Gasteiger partial charge >= 0.3 is 0 Å². The van der Waals surface area contributed by atoms with Crippen molar-refractivity contribution in [3.05, 3.63) is 94.1 Å². The van der Waals surface area contributed by atoms with Crippen LogP contribution >= 0.6 is 0 Å². The van der Waals surface area contributed by atoms with Gasteiger partial charge in [-0.05, 0) is 124 Å². The van der Waals surface area contributed by atoms with Gasteiger partial charge in [0.2, 0.25) is 0 Å². The summed E-state index contributed by atoms with van der Waals surface area (Å²) in [5.41, 5.74) is 11.5. The molecule has 0 amide bonds. The number of nitrogens with one attached hydrogen (secondary N) is 4. The smallest absolute Gasteiger partial charge is 0.0420 e. The van der Waals surface area contributed by atoms with Gasteiger partial charge in [0.25, 0.3) is 0 Å². The molecule has 5 aliphatic rings. The maximum atomic E-state index is 4.13. The number of hydrogen-bond donors (Lipinski definition) is 4. The monoisotopic (exact) mass is 588 g/mol. The maximum absolute atomic E-state index is 4.13. The Labute approximate surface area is 263 Å². The lowest BCUT2D eigenvalue weighted by atomic mass is 9.85. The van der Waals surface area contributed by atoms with Gasteiger partial charge in [-0.3, -0.25) is 0 Å². The maximum Gasteiger partial charge on any atom is 0.0420 e. The largest absolute Gasteiger partial charge is 0.361 e. The minimum Gasteiger partial charge on any atom is -0.361 e. The number of rotatable bonds is 4. The lowest BCUT2D eigenvalue weighted by molar-refractivity contribution is 0.445. The third-order valence-corrected chi connectivity index (χ3v) is 13.1. The molecule has 4 aliphatic carbocycles. The normalized spacial score (nSPS) is 28.9. The molecule has 1 aliphatic heterocycles. The van der Waals surface area contributed by atoms with Crippen molar-refractivity contribution >= 4 is 0 Å². The van der Waals surface area contributed by atoms with E-state index >= 15 is 0 Å². The molecule has 0 atom stereocenters. The average Bonchev–Trinajstić information content (AvgIpc) is 3.90. The number of aromatic nitrogens is 4. The van der Waals surface area contributed by atoms with Crippen molar-refractivity contribution < 1.29 is 0 Å². The second-order valence-electron chi connectivity index (χ2n) is 15.6. The van der Waals surface area contributed by atoms with Crippen LogP contribution in [0.3, 0.4) is 0 Å². The first-order chi connectivity index (χ1) is 21.8. The van der Waals surface area contributed by atoms with E-state index in [-0.39, 0.29) is 0 Å². The highest BCUT2D eigenvalue weighted by molar-refractivity contribution is 5.39. The Morgan fingerprint density at radius 2 is 0.432 bits per heavy atom. The molecule has 4 aromatic rings. The number of fused-ring (bicyclic) bond motifs is 8. The van der Waals surface area contributed by atoms with Crippen molar-refractivity contribution in [2.75, 3.05) is 0 Å². The molecule has 4 fully saturated rings. The molecule has 9 rings (SSSR count). The first-order valence-electron chi connectivity index (χ1n) is 18.6. The fourth-order valence-corrected chi connectivity index (χ4v) is 11.0. The molecule has 232 valence electrons. The van der Waals surface area contributed by atoms with Crippen LogP contribution in [-0.2, 0) is 0 Å². The van der Waals surface area contributed by atoms with Crippen LogP contribution < -0.4 is 0 Å². The van der Waals surface area contributed by atoms with Crippen molar-refractivity contribution in [1.29, 1.82) is 0 Å². The molecule has 5 heterocycles. The van der Waals surface area contributed by atoms with E-state index in [2.05, 4.69) is 68.5 Å². The third kappa shape index (κ3) is 4.77. The fourth-order valence-electron chi connectivity index (χ4n) is 11.0. The van der Waals surface area contributed by atoms with E-state index in [0.29, 0.717) is 47.3 Å². The molecule has 0 aromatic carbocycles. The van der Waals surface area contributed by atoms with E-state index in [4.69, 9.17) is 0 Å². The van der Waals surface area contributed by atoms with Gasteiger partial charge < -0.3 is 19.9 Å². The summed E-state index contributed by atoms with van der Waals surface area (Å²) in [5.74, 6) is 4.54. The number of hydrogen-bond acceptors (Lipinski definition) is 0. The van der Waals surface area contributed by atoms with Gasteiger partial charge in [0.1, 0.15) is 0 Å². The predicted molar refractivity (Wildman–Crippen MR) is 178 cm³/mol. The Kier molecular flexibility index (Phi) is 7.16. The van der Waals surface area contributed by atoms with Crippen LogP contribution in [0.2, 0.25) is 0 Å². The molecular weight excluding hydrogens is 536 g/mol. The van der Waals surface area contributed by atoms with Crippen LogP contribution in [0.25, 0.3) is 0 Å². The molecule has 4 aromatic heterocycles. The molecular formula is C40H52N4. The zero-order valence-electron chi connectivity index (χ0n) is 26.6. The zero-order valence-corrected chi connectivity index (χ0v) is 26.6. The van der Waals surface area contributed by atoms with Gasteiger partial charge in [-0.1, -0.05) is 51.4 Å². The molecule has 0 saturated heterocycles. The summed E-state index contributed by atoms with van der Waals surface area (Å²) in [4.78, 5) is 16.5. The highest BCUT2D eigenvalue weighted by Gasteiger charge is 2.37. The third-order valence-electron chi connectivity index (χ3n) is 13.1. The van der Waals surface area contributed by atoms with Crippen molar-refractivity contribution in [3.63, 3.8) is 0 Å². The Hall–Kier alpha value is -2.88. The van der Waals surface area contributed by atoms with Crippen molar-refractivity contribution in [1.82, 2.24) is 19.9 Å². The number of H-pyrrole nitrogens is 4. The molecule has 0 radical (unpaired) electrons. The highest BCUT2D eigenvalue weighted by Crippen LogP contribution is 2.48. The lowest BCUT2D eigenvalue weighted by Crippen LogP contribution is -2.17. The molecule has 4 nitrogen and oxygen atoms in total. The van der Waals surface area contributed by atoms with Crippen molar-refractivity contribution in [2.24, 2.45) is 23.7 Å². The molecule has 8 bridgehead atoms. The summed E-state index contributed by atoms with van der Waals surface area (Å²) < 4.78 is 0. The standard InChI is InChI=1S/C40H52N4/c1-2-10-25(9-1)37-29-17-19-31(41-29)38(26-11-3-4-12-26)33-21-23-35(43-33)40(28-15-7-8-16-28)36-24-22-34(44-36)39(27-13-5-6-14-27)32-20-18-30(37)42-32/h17-28,37-44H,1-16H2. The van der Waals surface area contributed by atoms with E-state index in [1.807, 2.05) is 0 Å². The summed E-state index contributed by atoms with van der Waals surface area (Å²) >= 11 is 0. The molecule has 4 N–H and O–H groups in total. The van der Waals surface area contributed by atoms with E-state index in [0.717, 1.165) is 0 Å². The van der Waals surface area contributed by atoms with Gasteiger partial charge in [-0.25, -0.2) is 0 Å². The molecule has 4 heteroatoms. The quantitative estimate of drug-likeness (QED) is 0.183. The molecule has 4 saturated carbocycles. The van der Waals surface area contributed by atoms with Crippen LogP contribution in [0.5, 0.6) is 0 Å². The highest BCUT2D eigenvalue weighted by atomic mass is 14.9. The molecule has 44 heavy (non-hydrogen) atoms. The van der Waals surface area contributed by atoms with Crippen LogP contribution in [0.1, 0.15) is 172 Å². The molecule has 0 spiro atoms.